The topological polar surface area (TPSA) is 76.3 Å². The average molecular weight is 387 g/mol. The minimum atomic E-state index is 0.530. The molecule has 0 radical (unpaired) electrons. The van der Waals surface area contributed by atoms with Gasteiger partial charge < -0.3 is 15.8 Å². The normalized spacial score (nSPS) is 14.9. The average Bonchev–Trinajstić information content (AvgIpc) is 2.70. The molecule has 2 aromatic carbocycles. The maximum Gasteiger partial charge on any atom is 0.227 e. The molecule has 148 valence electrons. The van der Waals surface area contributed by atoms with Gasteiger partial charge in [0.15, 0.2) is 0 Å². The summed E-state index contributed by atoms with van der Waals surface area (Å²) in [6.45, 7) is 2.29. The first kappa shape index (κ1) is 19.0. The fourth-order valence-corrected chi connectivity index (χ4v) is 3.33. The Morgan fingerprint density at radius 3 is 2.97 bits per heavy atom. The van der Waals surface area contributed by atoms with Gasteiger partial charge in [0.25, 0.3) is 0 Å². The Morgan fingerprint density at radius 2 is 2.03 bits per heavy atom. The van der Waals surface area contributed by atoms with Crippen LogP contribution in [0, 0.1) is 0 Å². The molecular formula is C23H25N5O. The Balaban J connectivity index is 1.70. The van der Waals surface area contributed by atoms with Crippen LogP contribution >= 0.6 is 0 Å². The lowest BCUT2D eigenvalue weighted by atomic mass is 10.1. The molecule has 3 aromatic rings. The second kappa shape index (κ2) is 8.75. The maximum atomic E-state index is 6.13. The van der Waals surface area contributed by atoms with E-state index in [4.69, 9.17) is 10.5 Å². The van der Waals surface area contributed by atoms with Crippen LogP contribution in [0.3, 0.4) is 0 Å². The molecule has 1 aromatic heterocycles. The zero-order valence-corrected chi connectivity index (χ0v) is 16.5. The number of nitrogens with zero attached hydrogens (tertiary/aromatic N) is 3. The first-order valence-corrected chi connectivity index (χ1v) is 9.72. The molecule has 1 aliphatic rings. The van der Waals surface area contributed by atoms with E-state index in [1.807, 2.05) is 42.5 Å². The highest BCUT2D eigenvalue weighted by atomic mass is 16.5. The summed E-state index contributed by atoms with van der Waals surface area (Å²) in [5.74, 6) is 1.37. The number of aromatic nitrogens is 2. The summed E-state index contributed by atoms with van der Waals surface area (Å²) in [5, 5.41) is 3.29. The number of nitrogen functional groups attached to an aromatic ring is 1. The molecule has 3 N–H and O–H groups in total. The number of likely N-dealkylation sites (N-methyl/N-ethyl adjacent to an activating group) is 1. The van der Waals surface area contributed by atoms with E-state index in [1.165, 1.54) is 0 Å². The summed E-state index contributed by atoms with van der Waals surface area (Å²) in [6.07, 6.45) is 6.95. The van der Waals surface area contributed by atoms with Gasteiger partial charge in [-0.3, -0.25) is 4.90 Å². The molecule has 0 amide bonds. The van der Waals surface area contributed by atoms with Crippen molar-refractivity contribution in [2.24, 2.45) is 0 Å². The summed E-state index contributed by atoms with van der Waals surface area (Å²) in [6, 6.07) is 15.8. The lowest BCUT2D eigenvalue weighted by molar-refractivity contribution is 0.324. The number of benzene rings is 2. The monoisotopic (exact) mass is 387 g/mol. The van der Waals surface area contributed by atoms with Crippen LogP contribution in [0.1, 0.15) is 12.0 Å². The predicted octanol–water partition coefficient (Wildman–Crippen LogP) is 4.24. The van der Waals surface area contributed by atoms with Crippen LogP contribution in [-0.2, 0) is 6.54 Å². The van der Waals surface area contributed by atoms with E-state index in [0.717, 1.165) is 47.8 Å². The standard InChI is InChI=1S/C23H25N5O/c1-28-10-3-2-4-11-29-21-7-5-6-18(14-21)22-8-9-25-23(27-22)26-20-13-17(16-28)12-19(24)15-20/h2-3,5-9,12-15H,4,10-11,16,24H2,1H3,(H,25,26,27). The van der Waals surface area contributed by atoms with E-state index < -0.39 is 0 Å². The maximum absolute atomic E-state index is 6.13. The van der Waals surface area contributed by atoms with Crippen LogP contribution in [0.4, 0.5) is 17.3 Å². The van der Waals surface area contributed by atoms with Gasteiger partial charge in [0.2, 0.25) is 5.95 Å². The van der Waals surface area contributed by atoms with Gasteiger partial charge in [-0.15, -0.1) is 0 Å². The van der Waals surface area contributed by atoms with Gasteiger partial charge in [-0.05, 0) is 55.4 Å². The summed E-state index contributed by atoms with van der Waals surface area (Å²) >= 11 is 0. The van der Waals surface area contributed by atoms with E-state index in [-0.39, 0.29) is 0 Å². The molecule has 0 unspecified atom stereocenters. The number of rotatable bonds is 0. The van der Waals surface area contributed by atoms with Crippen LogP contribution in [0.25, 0.3) is 11.3 Å². The third-order valence-electron chi connectivity index (χ3n) is 4.65. The molecule has 2 heterocycles. The second-order valence-electron chi connectivity index (χ2n) is 7.19. The van der Waals surface area contributed by atoms with E-state index >= 15 is 0 Å². The van der Waals surface area contributed by atoms with Crippen molar-refractivity contribution in [2.75, 3.05) is 31.2 Å². The molecule has 0 saturated carbocycles. The molecule has 0 atom stereocenters. The molecule has 6 heteroatoms. The lowest BCUT2D eigenvalue weighted by Gasteiger charge is -2.16. The van der Waals surface area contributed by atoms with Crippen molar-refractivity contribution in [3.8, 4) is 17.0 Å². The fourth-order valence-electron chi connectivity index (χ4n) is 3.33. The van der Waals surface area contributed by atoms with Crippen molar-refractivity contribution in [2.45, 2.75) is 13.0 Å². The van der Waals surface area contributed by atoms with Gasteiger partial charge >= 0.3 is 0 Å². The first-order valence-electron chi connectivity index (χ1n) is 9.72. The Hall–Kier alpha value is -3.38. The highest BCUT2D eigenvalue weighted by molar-refractivity contribution is 5.65. The Kier molecular flexibility index (Phi) is 5.72. The number of anilines is 3. The molecule has 0 saturated heterocycles. The molecule has 1 aliphatic heterocycles. The summed E-state index contributed by atoms with van der Waals surface area (Å²) in [4.78, 5) is 11.3. The molecule has 6 nitrogen and oxygen atoms in total. The van der Waals surface area contributed by atoms with Crippen molar-refractivity contribution in [3.63, 3.8) is 0 Å². The third kappa shape index (κ3) is 5.12. The Morgan fingerprint density at radius 1 is 1.10 bits per heavy atom. The van der Waals surface area contributed by atoms with Gasteiger partial charge in [-0.2, -0.15) is 0 Å². The van der Waals surface area contributed by atoms with E-state index in [1.54, 1.807) is 6.20 Å². The SMILES string of the molecule is CN1CC=CCCOc2cccc(c2)-c2ccnc(n2)Nc2cc(N)cc(c2)C1. The van der Waals surface area contributed by atoms with Crippen LogP contribution in [0.15, 0.2) is 66.9 Å². The minimum absolute atomic E-state index is 0.530. The van der Waals surface area contributed by atoms with Crippen molar-refractivity contribution < 1.29 is 4.74 Å². The van der Waals surface area contributed by atoms with Gasteiger partial charge in [0, 0.05) is 36.2 Å². The zero-order chi connectivity index (χ0) is 20.1. The largest absolute Gasteiger partial charge is 0.493 e. The summed E-state index contributed by atoms with van der Waals surface area (Å²) in [5.41, 5.74) is 10.7. The molecule has 0 spiro atoms. The summed E-state index contributed by atoms with van der Waals surface area (Å²) < 4.78 is 5.90. The van der Waals surface area contributed by atoms with Gasteiger partial charge in [-0.25, -0.2) is 9.97 Å². The van der Waals surface area contributed by atoms with E-state index in [2.05, 4.69) is 45.5 Å². The molecule has 0 fully saturated rings. The number of nitrogens with two attached hydrogens (primary N) is 1. The van der Waals surface area contributed by atoms with Crippen LogP contribution in [0.5, 0.6) is 5.75 Å². The van der Waals surface area contributed by atoms with E-state index in [9.17, 15) is 0 Å². The molecule has 4 rings (SSSR count). The number of hydrogen-bond donors (Lipinski definition) is 2. The number of hydrogen-bond acceptors (Lipinski definition) is 6. The van der Waals surface area contributed by atoms with Gasteiger partial charge in [-0.1, -0.05) is 24.3 Å². The summed E-state index contributed by atoms with van der Waals surface area (Å²) in [7, 11) is 2.09. The van der Waals surface area contributed by atoms with Crippen molar-refractivity contribution >= 4 is 17.3 Å². The van der Waals surface area contributed by atoms with Crippen LogP contribution in [-0.4, -0.2) is 35.1 Å². The van der Waals surface area contributed by atoms with E-state index in [0.29, 0.717) is 18.2 Å². The van der Waals surface area contributed by atoms with Crippen LogP contribution < -0.4 is 15.8 Å². The highest BCUT2D eigenvalue weighted by Crippen LogP contribution is 2.25. The molecule has 29 heavy (non-hydrogen) atoms. The minimum Gasteiger partial charge on any atom is -0.493 e. The number of nitrogens with one attached hydrogen (secondary N) is 1. The molecule has 6 bridgehead atoms. The molecule has 0 aliphatic carbocycles. The van der Waals surface area contributed by atoms with Gasteiger partial charge in [0.05, 0.1) is 12.3 Å². The first-order chi connectivity index (χ1) is 14.2. The van der Waals surface area contributed by atoms with Crippen molar-refractivity contribution in [1.29, 1.82) is 0 Å². The zero-order valence-electron chi connectivity index (χ0n) is 16.5. The predicted molar refractivity (Wildman–Crippen MR) is 117 cm³/mol. The Bertz CT molecular complexity index is 1020. The van der Waals surface area contributed by atoms with Crippen molar-refractivity contribution in [1.82, 2.24) is 14.9 Å². The Labute approximate surface area is 171 Å². The second-order valence-corrected chi connectivity index (χ2v) is 7.19. The van der Waals surface area contributed by atoms with Crippen molar-refractivity contribution in [3.05, 3.63) is 72.4 Å². The van der Waals surface area contributed by atoms with Crippen LogP contribution in [0.2, 0.25) is 0 Å². The smallest absolute Gasteiger partial charge is 0.227 e. The lowest BCUT2D eigenvalue weighted by Crippen LogP contribution is -2.18. The third-order valence-corrected chi connectivity index (χ3v) is 4.65. The number of fused-ring (bicyclic) bond motifs is 7. The number of ether oxygens (including phenoxy) is 1. The highest BCUT2D eigenvalue weighted by Gasteiger charge is 2.07. The van der Waals surface area contributed by atoms with Gasteiger partial charge in [0.1, 0.15) is 5.75 Å². The molecular weight excluding hydrogens is 362 g/mol. The fraction of sp³-hybridized carbons (Fsp3) is 0.217. The quantitative estimate of drug-likeness (QED) is 0.444.